The van der Waals surface area contributed by atoms with Crippen molar-refractivity contribution in [3.63, 3.8) is 0 Å². The van der Waals surface area contributed by atoms with Crippen molar-refractivity contribution in [1.82, 2.24) is 10.2 Å². The number of piperazine rings is 1. The van der Waals surface area contributed by atoms with E-state index in [4.69, 9.17) is 4.74 Å². The number of benzene rings is 1. The summed E-state index contributed by atoms with van der Waals surface area (Å²) in [5, 5.41) is 3.21. The van der Waals surface area contributed by atoms with E-state index in [1.54, 1.807) is 0 Å². The second kappa shape index (κ2) is 5.89. The molecule has 1 N–H and O–H groups in total. The predicted octanol–water partition coefficient (Wildman–Crippen LogP) is 1.82. The number of halogens is 3. The molecule has 2 aliphatic heterocycles. The largest absolute Gasteiger partial charge is 0.457 e. The van der Waals surface area contributed by atoms with Gasteiger partial charge >= 0.3 is 12.1 Å². The molecule has 1 fully saturated rings. The van der Waals surface area contributed by atoms with Gasteiger partial charge in [0.2, 0.25) is 0 Å². The minimum Gasteiger partial charge on any atom is -0.457 e. The average Bonchev–Trinajstić information content (AvgIpc) is 2.85. The molecule has 120 valence electrons. The fraction of sp³-hybridized carbons (Fsp3) is 0.533. The number of rotatable bonds is 3. The van der Waals surface area contributed by atoms with Crippen LogP contribution >= 0.6 is 0 Å². The van der Waals surface area contributed by atoms with E-state index in [2.05, 4.69) is 10.2 Å². The maximum absolute atomic E-state index is 13.2. The summed E-state index contributed by atoms with van der Waals surface area (Å²) in [7, 11) is 0. The third kappa shape index (κ3) is 3.10. The van der Waals surface area contributed by atoms with E-state index in [0.29, 0.717) is 18.5 Å². The monoisotopic (exact) mass is 314 g/mol. The van der Waals surface area contributed by atoms with Crippen LogP contribution in [-0.4, -0.2) is 43.6 Å². The summed E-state index contributed by atoms with van der Waals surface area (Å²) in [5.74, 6) is -0.672. The van der Waals surface area contributed by atoms with Gasteiger partial charge < -0.3 is 15.0 Å². The van der Waals surface area contributed by atoms with E-state index in [-0.39, 0.29) is 17.7 Å². The SMILES string of the molecule is O=C1OCc2cc(CCN3CCNCC3)c(C(F)(F)F)cc21. The summed E-state index contributed by atoms with van der Waals surface area (Å²) in [5.41, 5.74) is 0.106. The van der Waals surface area contributed by atoms with Crippen LogP contribution in [0.15, 0.2) is 12.1 Å². The van der Waals surface area contributed by atoms with Gasteiger partial charge in [-0.25, -0.2) is 4.79 Å². The molecule has 2 heterocycles. The summed E-state index contributed by atoms with van der Waals surface area (Å²) in [6, 6.07) is 2.42. The zero-order chi connectivity index (χ0) is 15.7. The second-order valence-corrected chi connectivity index (χ2v) is 5.58. The first-order valence-electron chi connectivity index (χ1n) is 7.28. The standard InChI is InChI=1S/C15H17F3N2O2/c16-15(17,18)13-8-12-11(9-22-14(12)21)7-10(13)1-4-20-5-2-19-3-6-20/h7-8,19H,1-6,9H2. The van der Waals surface area contributed by atoms with Crippen molar-refractivity contribution in [2.24, 2.45) is 0 Å². The highest BCUT2D eigenvalue weighted by molar-refractivity contribution is 5.93. The first-order chi connectivity index (χ1) is 10.4. The Labute approximate surface area is 126 Å². The lowest BCUT2D eigenvalue weighted by atomic mass is 9.97. The highest BCUT2D eigenvalue weighted by Gasteiger charge is 2.36. The molecule has 3 rings (SSSR count). The number of hydrogen-bond donors (Lipinski definition) is 1. The maximum atomic E-state index is 13.2. The Hall–Kier alpha value is -1.60. The van der Waals surface area contributed by atoms with Crippen molar-refractivity contribution in [2.75, 3.05) is 32.7 Å². The van der Waals surface area contributed by atoms with Crippen LogP contribution in [-0.2, 0) is 23.9 Å². The molecule has 0 atom stereocenters. The van der Waals surface area contributed by atoms with Crippen LogP contribution in [0.4, 0.5) is 13.2 Å². The van der Waals surface area contributed by atoms with Crippen LogP contribution in [0.5, 0.6) is 0 Å². The fourth-order valence-electron chi connectivity index (χ4n) is 2.91. The number of esters is 1. The molecule has 4 nitrogen and oxygen atoms in total. The molecule has 7 heteroatoms. The van der Waals surface area contributed by atoms with Crippen LogP contribution in [0, 0.1) is 0 Å². The van der Waals surface area contributed by atoms with E-state index in [0.717, 1.165) is 32.2 Å². The Bertz CT molecular complexity index is 581. The summed E-state index contributed by atoms with van der Waals surface area (Å²) in [4.78, 5) is 13.6. The number of cyclic esters (lactones) is 1. The molecule has 2 aliphatic rings. The van der Waals surface area contributed by atoms with Gasteiger partial charge in [0.05, 0.1) is 11.1 Å². The molecule has 0 aliphatic carbocycles. The Morgan fingerprint density at radius 3 is 2.64 bits per heavy atom. The third-order valence-electron chi connectivity index (χ3n) is 4.12. The summed E-state index contributed by atoms with van der Waals surface area (Å²) < 4.78 is 44.5. The number of hydrogen-bond acceptors (Lipinski definition) is 4. The van der Waals surface area contributed by atoms with Crippen LogP contribution < -0.4 is 5.32 Å². The Balaban J connectivity index is 1.84. The number of fused-ring (bicyclic) bond motifs is 1. The first-order valence-corrected chi connectivity index (χ1v) is 7.28. The zero-order valence-electron chi connectivity index (χ0n) is 12.0. The van der Waals surface area contributed by atoms with Gasteiger partial charge in [0, 0.05) is 38.3 Å². The normalized spacial score (nSPS) is 19.1. The van der Waals surface area contributed by atoms with Crippen molar-refractivity contribution < 1.29 is 22.7 Å². The highest BCUT2D eigenvalue weighted by Crippen LogP contribution is 2.36. The Morgan fingerprint density at radius 2 is 1.95 bits per heavy atom. The third-order valence-corrected chi connectivity index (χ3v) is 4.12. The lowest BCUT2D eigenvalue weighted by Crippen LogP contribution is -2.44. The number of carbonyl (C=O) groups is 1. The van der Waals surface area contributed by atoms with Crippen molar-refractivity contribution in [1.29, 1.82) is 0 Å². The van der Waals surface area contributed by atoms with Crippen LogP contribution in [0.25, 0.3) is 0 Å². The number of nitrogens with zero attached hydrogens (tertiary/aromatic N) is 1. The van der Waals surface area contributed by atoms with E-state index >= 15 is 0 Å². The van der Waals surface area contributed by atoms with Crippen molar-refractivity contribution >= 4 is 5.97 Å². The molecular formula is C15H17F3N2O2. The number of nitrogens with one attached hydrogen (secondary N) is 1. The molecule has 0 bridgehead atoms. The first kappa shape index (κ1) is 15.3. The molecule has 0 amide bonds. The van der Waals surface area contributed by atoms with Gasteiger partial charge in [0.15, 0.2) is 0 Å². The molecule has 22 heavy (non-hydrogen) atoms. The molecule has 0 aromatic heterocycles. The number of alkyl halides is 3. The van der Waals surface area contributed by atoms with Crippen LogP contribution in [0.2, 0.25) is 0 Å². The predicted molar refractivity (Wildman–Crippen MR) is 73.6 cm³/mol. The van der Waals surface area contributed by atoms with Gasteiger partial charge in [0.25, 0.3) is 0 Å². The lowest BCUT2D eigenvalue weighted by Gasteiger charge is -2.27. The van der Waals surface area contributed by atoms with Gasteiger partial charge in [0.1, 0.15) is 6.61 Å². The highest BCUT2D eigenvalue weighted by atomic mass is 19.4. The van der Waals surface area contributed by atoms with E-state index in [1.165, 1.54) is 6.07 Å². The maximum Gasteiger partial charge on any atom is 0.416 e. The Kier molecular flexibility index (Phi) is 4.10. The molecule has 1 aromatic rings. The minimum absolute atomic E-state index is 0.0400. The molecule has 1 aromatic carbocycles. The quantitative estimate of drug-likeness (QED) is 0.864. The summed E-state index contributed by atoms with van der Waals surface area (Å²) in [6.07, 6.45) is -4.15. The topological polar surface area (TPSA) is 41.6 Å². The van der Waals surface area contributed by atoms with E-state index in [9.17, 15) is 18.0 Å². The molecule has 0 unspecified atom stereocenters. The van der Waals surface area contributed by atoms with Crippen LogP contribution in [0.1, 0.15) is 27.0 Å². The number of ether oxygens (including phenoxy) is 1. The summed E-state index contributed by atoms with van der Waals surface area (Å²) >= 11 is 0. The van der Waals surface area contributed by atoms with Gasteiger partial charge in [-0.15, -0.1) is 0 Å². The Morgan fingerprint density at radius 1 is 1.23 bits per heavy atom. The van der Waals surface area contributed by atoms with Gasteiger partial charge in [-0.2, -0.15) is 13.2 Å². The molecule has 0 spiro atoms. The molecule has 0 saturated carbocycles. The van der Waals surface area contributed by atoms with Gasteiger partial charge in [-0.3, -0.25) is 0 Å². The average molecular weight is 314 g/mol. The van der Waals surface area contributed by atoms with E-state index in [1.807, 2.05) is 0 Å². The van der Waals surface area contributed by atoms with Crippen LogP contribution in [0.3, 0.4) is 0 Å². The molecule has 1 saturated heterocycles. The minimum atomic E-state index is -4.46. The summed E-state index contributed by atoms with van der Waals surface area (Å²) in [6.45, 7) is 4.05. The molecule has 0 radical (unpaired) electrons. The second-order valence-electron chi connectivity index (χ2n) is 5.58. The molecular weight excluding hydrogens is 297 g/mol. The van der Waals surface area contributed by atoms with Crippen molar-refractivity contribution in [3.8, 4) is 0 Å². The smallest absolute Gasteiger partial charge is 0.416 e. The van der Waals surface area contributed by atoms with Crippen molar-refractivity contribution in [3.05, 3.63) is 34.4 Å². The zero-order valence-corrected chi connectivity index (χ0v) is 12.0. The van der Waals surface area contributed by atoms with Crippen molar-refractivity contribution in [2.45, 2.75) is 19.2 Å². The number of carbonyl (C=O) groups excluding carboxylic acids is 1. The van der Waals surface area contributed by atoms with Gasteiger partial charge in [-0.05, 0) is 18.1 Å². The van der Waals surface area contributed by atoms with Gasteiger partial charge in [-0.1, -0.05) is 6.07 Å². The van der Waals surface area contributed by atoms with E-state index < -0.39 is 17.7 Å². The lowest BCUT2D eigenvalue weighted by molar-refractivity contribution is -0.138. The fourth-order valence-corrected chi connectivity index (χ4v) is 2.91.